The van der Waals surface area contributed by atoms with Crippen LogP contribution in [0.4, 0.5) is 0 Å². The van der Waals surface area contributed by atoms with E-state index >= 15 is 0 Å². The van der Waals surface area contributed by atoms with Gasteiger partial charge in [0.25, 0.3) is 0 Å². The topological polar surface area (TPSA) is 238 Å². The number of aliphatic hydroxyl groups excluding tert-OH is 6. The van der Waals surface area contributed by atoms with Gasteiger partial charge in [0.2, 0.25) is 6.29 Å². The Morgan fingerprint density at radius 2 is 1.60 bits per heavy atom. The van der Waals surface area contributed by atoms with Crippen LogP contribution in [0.2, 0.25) is 0 Å². The molecule has 8 N–H and O–H groups in total. The zero-order valence-corrected chi connectivity index (χ0v) is 22.0. The van der Waals surface area contributed by atoms with Crippen molar-refractivity contribution in [2.24, 2.45) is 0 Å². The number of methoxy groups -OCH3 is 1. The molecule has 2 aromatic carbocycles. The minimum Gasteiger partial charge on any atom is -0.507 e. The highest BCUT2D eigenvalue weighted by molar-refractivity contribution is 5.86. The van der Waals surface area contributed by atoms with Crippen LogP contribution in [0.25, 0.3) is 22.3 Å². The van der Waals surface area contributed by atoms with Crippen molar-refractivity contribution in [1.82, 2.24) is 0 Å². The number of ether oxygens (including phenoxy) is 5. The van der Waals surface area contributed by atoms with E-state index in [0.29, 0.717) is 5.56 Å². The maximum absolute atomic E-state index is 12.8. The van der Waals surface area contributed by atoms with Crippen molar-refractivity contribution in [3.8, 4) is 34.3 Å². The SMILES string of the molecule is COc1ccc(-c2cc(=O)c3c(O)cc(O[C@@H]4O[C@H](CO[C@@H]5OC[C@@H](O)[C@@H](O)[C@@H]5O)[C@@H](O)[C@H](O)[C@H]4O)cc3o2)cc1O. The molecule has 2 saturated heterocycles. The Labute approximate surface area is 236 Å². The first-order valence-corrected chi connectivity index (χ1v) is 12.8. The molecule has 3 aromatic rings. The Bertz CT molecular complexity index is 1470. The maximum Gasteiger partial charge on any atom is 0.229 e. The van der Waals surface area contributed by atoms with E-state index in [2.05, 4.69) is 0 Å². The molecule has 3 heterocycles. The summed E-state index contributed by atoms with van der Waals surface area (Å²) in [5.74, 6) is -0.602. The lowest BCUT2D eigenvalue weighted by molar-refractivity contribution is -0.307. The lowest BCUT2D eigenvalue weighted by Gasteiger charge is -2.41. The normalized spacial score (nSPS) is 31.6. The molecule has 42 heavy (non-hydrogen) atoms. The summed E-state index contributed by atoms with van der Waals surface area (Å²) in [6.45, 7) is -0.821. The van der Waals surface area contributed by atoms with Gasteiger partial charge in [0.15, 0.2) is 23.2 Å². The van der Waals surface area contributed by atoms with Crippen molar-refractivity contribution < 1.29 is 69.0 Å². The second-order valence-corrected chi connectivity index (χ2v) is 9.89. The fraction of sp³-hybridized carbons (Fsp3) is 0.444. The van der Waals surface area contributed by atoms with Crippen LogP contribution in [-0.4, -0.2) is 116 Å². The zero-order valence-electron chi connectivity index (χ0n) is 22.0. The molecule has 0 amide bonds. The number of aliphatic hydroxyl groups is 6. The monoisotopic (exact) mass is 594 g/mol. The number of benzene rings is 2. The van der Waals surface area contributed by atoms with E-state index in [9.17, 15) is 45.6 Å². The number of fused-ring (bicyclic) bond motifs is 1. The van der Waals surface area contributed by atoms with E-state index in [4.69, 9.17) is 28.1 Å². The number of hydrogen-bond donors (Lipinski definition) is 8. The van der Waals surface area contributed by atoms with Crippen molar-refractivity contribution in [2.75, 3.05) is 20.3 Å². The predicted octanol–water partition coefficient (Wildman–Crippen LogP) is -1.48. The highest BCUT2D eigenvalue weighted by Crippen LogP contribution is 2.35. The van der Waals surface area contributed by atoms with Crippen molar-refractivity contribution in [2.45, 2.75) is 55.3 Å². The van der Waals surface area contributed by atoms with Crippen LogP contribution in [0.5, 0.6) is 23.0 Å². The first-order valence-electron chi connectivity index (χ1n) is 12.8. The molecule has 0 unspecified atom stereocenters. The van der Waals surface area contributed by atoms with E-state index in [1.165, 1.54) is 25.3 Å². The standard InChI is InChI=1S/C27H30O15/c1-37-16-3-2-10(4-12(16)28)17-7-14(30)20-13(29)5-11(6-18(20)41-17)40-27-25(36)23(34)22(33)19(42-27)9-39-26-24(35)21(32)15(31)8-38-26/h2-7,15,19,21-29,31-36H,8-9H2,1H3/t15-,19-,21-,22-,23+,24+,25-,26+,27-/m1/s1. The Kier molecular flexibility index (Phi) is 8.56. The first-order chi connectivity index (χ1) is 20.0. The molecule has 2 aliphatic rings. The molecule has 2 fully saturated rings. The van der Waals surface area contributed by atoms with Crippen molar-refractivity contribution >= 4 is 11.0 Å². The molecule has 0 radical (unpaired) electrons. The van der Waals surface area contributed by atoms with Gasteiger partial charge in [0.05, 0.1) is 20.3 Å². The molecular formula is C27H30O15. The molecule has 0 bridgehead atoms. The van der Waals surface area contributed by atoms with E-state index in [-0.39, 0.29) is 40.6 Å². The average Bonchev–Trinajstić information content (AvgIpc) is 2.96. The van der Waals surface area contributed by atoms with Gasteiger partial charge in [-0.25, -0.2) is 0 Å². The highest BCUT2D eigenvalue weighted by atomic mass is 16.7. The van der Waals surface area contributed by atoms with Gasteiger partial charge in [-0.3, -0.25) is 4.79 Å². The van der Waals surface area contributed by atoms with E-state index in [1.807, 2.05) is 0 Å². The van der Waals surface area contributed by atoms with Crippen LogP contribution < -0.4 is 14.9 Å². The van der Waals surface area contributed by atoms with Gasteiger partial charge < -0.3 is 69.0 Å². The summed E-state index contributed by atoms with van der Waals surface area (Å²) in [7, 11) is 1.38. The second kappa shape index (κ2) is 12.0. The largest absolute Gasteiger partial charge is 0.507 e. The van der Waals surface area contributed by atoms with Gasteiger partial charge in [-0.15, -0.1) is 0 Å². The minimum atomic E-state index is -1.77. The average molecular weight is 595 g/mol. The molecule has 15 nitrogen and oxygen atoms in total. The van der Waals surface area contributed by atoms with Crippen molar-refractivity contribution in [3.05, 3.63) is 46.6 Å². The third-order valence-corrected chi connectivity index (χ3v) is 7.05. The Hall–Kier alpha value is -3.51. The van der Waals surface area contributed by atoms with E-state index in [1.54, 1.807) is 6.07 Å². The summed E-state index contributed by atoms with van der Waals surface area (Å²) in [4.78, 5) is 12.8. The number of hydrogen-bond acceptors (Lipinski definition) is 15. The zero-order chi connectivity index (χ0) is 30.3. The third kappa shape index (κ3) is 5.74. The fourth-order valence-corrected chi connectivity index (χ4v) is 4.70. The van der Waals surface area contributed by atoms with Crippen LogP contribution in [0.1, 0.15) is 0 Å². The van der Waals surface area contributed by atoms with E-state index in [0.717, 1.165) is 12.1 Å². The van der Waals surface area contributed by atoms with Crippen molar-refractivity contribution in [1.29, 1.82) is 0 Å². The van der Waals surface area contributed by atoms with Crippen LogP contribution in [0, 0.1) is 0 Å². The molecule has 15 heteroatoms. The lowest BCUT2D eigenvalue weighted by atomic mass is 9.99. The Morgan fingerprint density at radius 1 is 0.857 bits per heavy atom. The predicted molar refractivity (Wildman–Crippen MR) is 139 cm³/mol. The van der Waals surface area contributed by atoms with Crippen LogP contribution >= 0.6 is 0 Å². The summed E-state index contributed by atoms with van der Waals surface area (Å²) in [5.41, 5.74) is -0.379. The van der Waals surface area contributed by atoms with Gasteiger partial charge in [-0.05, 0) is 18.2 Å². The number of phenolic OH excluding ortho intramolecular Hbond substituents is 2. The lowest BCUT2D eigenvalue weighted by Crippen LogP contribution is -2.61. The Morgan fingerprint density at radius 3 is 2.31 bits per heavy atom. The van der Waals surface area contributed by atoms with Gasteiger partial charge in [-0.1, -0.05) is 0 Å². The third-order valence-electron chi connectivity index (χ3n) is 7.05. The molecule has 2 aliphatic heterocycles. The maximum atomic E-state index is 12.8. The Balaban J connectivity index is 1.36. The summed E-state index contributed by atoms with van der Waals surface area (Å²) < 4.78 is 32.6. The molecule has 5 rings (SSSR count). The smallest absolute Gasteiger partial charge is 0.229 e. The molecule has 9 atom stereocenters. The fourth-order valence-electron chi connectivity index (χ4n) is 4.70. The van der Waals surface area contributed by atoms with Crippen molar-refractivity contribution in [3.63, 3.8) is 0 Å². The van der Waals surface area contributed by atoms with E-state index < -0.39 is 73.1 Å². The summed E-state index contributed by atoms with van der Waals surface area (Å²) in [6, 6.07) is 7.78. The molecule has 1 aromatic heterocycles. The minimum absolute atomic E-state index is 0.0523. The summed E-state index contributed by atoms with van der Waals surface area (Å²) >= 11 is 0. The summed E-state index contributed by atoms with van der Waals surface area (Å²) in [6.07, 6.45) is -14.0. The number of phenols is 2. The van der Waals surface area contributed by atoms with Gasteiger partial charge in [-0.2, -0.15) is 0 Å². The molecule has 0 aliphatic carbocycles. The molecular weight excluding hydrogens is 564 g/mol. The van der Waals surface area contributed by atoms with Gasteiger partial charge >= 0.3 is 0 Å². The number of rotatable bonds is 7. The van der Waals surface area contributed by atoms with Gasteiger partial charge in [0, 0.05) is 23.8 Å². The second-order valence-electron chi connectivity index (χ2n) is 9.89. The van der Waals surface area contributed by atoms with Crippen LogP contribution in [0.15, 0.2) is 45.6 Å². The highest BCUT2D eigenvalue weighted by Gasteiger charge is 2.46. The molecule has 0 saturated carbocycles. The summed E-state index contributed by atoms with van der Waals surface area (Å²) in [5, 5.41) is 81.3. The van der Waals surface area contributed by atoms with Crippen LogP contribution in [0.3, 0.4) is 0 Å². The number of aromatic hydroxyl groups is 2. The van der Waals surface area contributed by atoms with Crippen LogP contribution in [-0.2, 0) is 14.2 Å². The quantitative estimate of drug-likeness (QED) is 0.156. The van der Waals surface area contributed by atoms with Gasteiger partial charge in [0.1, 0.15) is 71.0 Å². The molecule has 228 valence electrons. The molecule has 0 spiro atoms. The first kappa shape index (κ1) is 30.0.